The van der Waals surface area contributed by atoms with Crippen LogP contribution in [-0.4, -0.2) is 18.5 Å². The zero-order valence-electron chi connectivity index (χ0n) is 4.27. The molecule has 0 fully saturated rings. The Hall–Kier alpha value is 0.297. The maximum atomic E-state index is 10.7. The third kappa shape index (κ3) is 5.11. The average Bonchev–Trinajstić information content (AvgIpc) is 1.25. The van der Waals surface area contributed by atoms with Crippen LogP contribution in [0.1, 0.15) is 7.43 Å². The van der Waals surface area contributed by atoms with Crippen molar-refractivity contribution >= 4 is 10.1 Å². The van der Waals surface area contributed by atoms with Gasteiger partial charge in [0, 0.05) is 0 Å². The van der Waals surface area contributed by atoms with Crippen molar-refractivity contribution < 1.29 is 45.0 Å². The van der Waals surface area contributed by atoms with Crippen LogP contribution in [0.4, 0.5) is 13.2 Å². The van der Waals surface area contributed by atoms with Crippen molar-refractivity contribution in [2.24, 2.45) is 0 Å². The van der Waals surface area contributed by atoms with Gasteiger partial charge in [0.1, 0.15) is 0 Å². The molecule has 0 rings (SSSR count). The maximum absolute atomic E-state index is 10.7. The molecule has 10 heavy (non-hydrogen) atoms. The minimum atomic E-state index is -6.09. The van der Waals surface area contributed by atoms with E-state index in [2.05, 4.69) is 0 Å². The van der Waals surface area contributed by atoms with Gasteiger partial charge in [-0.25, -0.2) is 8.42 Å². The SMILES string of the molecule is C.O=S(=O)([O-])C(F)(F)F.[Li+]. The van der Waals surface area contributed by atoms with E-state index in [9.17, 15) is 13.2 Å². The second-order valence-electron chi connectivity index (χ2n) is 0.900. The molecule has 0 aromatic carbocycles. The largest absolute Gasteiger partial charge is 1.00 e. The van der Waals surface area contributed by atoms with Crippen LogP contribution in [0.3, 0.4) is 0 Å². The fourth-order valence-corrected chi connectivity index (χ4v) is 0. The van der Waals surface area contributed by atoms with Gasteiger partial charge in [-0.3, -0.25) is 0 Å². The average molecular weight is 172 g/mol. The Morgan fingerprint density at radius 2 is 1.30 bits per heavy atom. The van der Waals surface area contributed by atoms with E-state index in [1.807, 2.05) is 0 Å². The Balaban J connectivity index is -0.000000245. The summed E-state index contributed by atoms with van der Waals surface area (Å²) in [6, 6.07) is 0. The van der Waals surface area contributed by atoms with E-state index >= 15 is 0 Å². The molecule has 0 heterocycles. The molecule has 0 unspecified atom stereocenters. The summed E-state index contributed by atoms with van der Waals surface area (Å²) < 4.78 is 58.9. The van der Waals surface area contributed by atoms with E-state index in [1.54, 1.807) is 0 Å². The number of rotatable bonds is 0. The van der Waals surface area contributed by atoms with Crippen LogP contribution in [0.25, 0.3) is 0 Å². The molecule has 8 heteroatoms. The molecular weight excluding hydrogens is 168 g/mol. The normalized spacial score (nSPS) is 11.2. The molecule has 0 spiro atoms. The third-order valence-corrected chi connectivity index (χ3v) is 0.850. The number of alkyl halides is 3. The summed E-state index contributed by atoms with van der Waals surface area (Å²) in [6.07, 6.45) is 0. The molecule has 58 valence electrons. The van der Waals surface area contributed by atoms with Crippen LogP contribution >= 0.6 is 0 Å². The molecule has 0 aliphatic heterocycles. The van der Waals surface area contributed by atoms with Crippen molar-refractivity contribution in [1.82, 2.24) is 0 Å². The molecule has 0 aliphatic carbocycles. The van der Waals surface area contributed by atoms with Gasteiger partial charge in [0.05, 0.1) is 0 Å². The summed E-state index contributed by atoms with van der Waals surface area (Å²) in [7, 11) is -6.09. The van der Waals surface area contributed by atoms with Crippen molar-refractivity contribution in [3.05, 3.63) is 0 Å². The molecule has 0 atom stereocenters. The topological polar surface area (TPSA) is 57.2 Å². The maximum Gasteiger partial charge on any atom is 1.00 e. The number of halogens is 3. The summed E-state index contributed by atoms with van der Waals surface area (Å²) in [4.78, 5) is 0. The molecule has 0 saturated heterocycles. The fraction of sp³-hybridized carbons (Fsp3) is 1.00. The van der Waals surface area contributed by atoms with Gasteiger partial charge in [0.25, 0.3) is 0 Å². The van der Waals surface area contributed by atoms with E-state index in [1.165, 1.54) is 0 Å². The second-order valence-corrected chi connectivity index (χ2v) is 2.27. The summed E-state index contributed by atoms with van der Waals surface area (Å²) in [5, 5.41) is 0. The van der Waals surface area contributed by atoms with Crippen LogP contribution in [0.15, 0.2) is 0 Å². The molecule has 0 bridgehead atoms. The molecule has 0 N–H and O–H groups in total. The van der Waals surface area contributed by atoms with Gasteiger partial charge in [0.2, 0.25) is 0 Å². The Morgan fingerprint density at radius 3 is 1.30 bits per heavy atom. The van der Waals surface area contributed by atoms with E-state index in [4.69, 9.17) is 13.0 Å². The Labute approximate surface area is 68.5 Å². The van der Waals surface area contributed by atoms with E-state index in [-0.39, 0.29) is 26.3 Å². The molecule has 0 saturated carbocycles. The zero-order chi connectivity index (χ0) is 7.00. The van der Waals surface area contributed by atoms with Gasteiger partial charge in [-0.1, -0.05) is 7.43 Å². The summed E-state index contributed by atoms with van der Waals surface area (Å²) in [5.74, 6) is 0. The van der Waals surface area contributed by atoms with Crippen molar-refractivity contribution in [3.63, 3.8) is 0 Å². The summed E-state index contributed by atoms with van der Waals surface area (Å²) >= 11 is 0. The third-order valence-electron chi connectivity index (χ3n) is 0.283. The first-order valence-corrected chi connectivity index (χ1v) is 2.68. The first kappa shape index (κ1) is 16.7. The van der Waals surface area contributed by atoms with Crippen molar-refractivity contribution in [3.8, 4) is 0 Å². The van der Waals surface area contributed by atoms with Gasteiger partial charge >= 0.3 is 24.4 Å². The van der Waals surface area contributed by atoms with E-state index in [0.29, 0.717) is 0 Å². The quantitative estimate of drug-likeness (QED) is 0.234. The van der Waals surface area contributed by atoms with E-state index in [0.717, 1.165) is 0 Å². The van der Waals surface area contributed by atoms with Crippen molar-refractivity contribution in [2.75, 3.05) is 0 Å². The second kappa shape index (κ2) is 4.23. The molecule has 0 aromatic heterocycles. The summed E-state index contributed by atoms with van der Waals surface area (Å²) in [6.45, 7) is 0. The van der Waals surface area contributed by atoms with Crippen LogP contribution in [0.2, 0.25) is 0 Å². The van der Waals surface area contributed by atoms with E-state index < -0.39 is 15.6 Å². The standard InChI is InChI=1S/CHF3O3S.CH4.Li/c2-1(3,4)8(5,6)7;;/h(H,5,6,7);1H4;/q;;+1/p-1. The minimum Gasteiger partial charge on any atom is -0.741 e. The Morgan fingerprint density at radius 1 is 1.20 bits per heavy atom. The molecule has 0 aliphatic rings. The first-order valence-electron chi connectivity index (χ1n) is 1.27. The molecule has 0 aromatic rings. The Bertz CT molecular complexity index is 171. The Kier molecular flexibility index (Phi) is 7.08. The number of hydrogen-bond acceptors (Lipinski definition) is 3. The molecule has 3 nitrogen and oxygen atoms in total. The van der Waals surface area contributed by atoms with Crippen LogP contribution in [-0.2, 0) is 10.1 Å². The monoisotopic (exact) mass is 172 g/mol. The minimum absolute atomic E-state index is 0. The zero-order valence-corrected chi connectivity index (χ0v) is 5.08. The molecular formula is C2H4F3LiO3S. The van der Waals surface area contributed by atoms with Crippen LogP contribution in [0, 0.1) is 0 Å². The predicted octanol–water partition coefficient (Wildman–Crippen LogP) is -2.31. The van der Waals surface area contributed by atoms with Gasteiger partial charge in [-0.05, 0) is 0 Å². The number of hydrogen-bond donors (Lipinski definition) is 0. The van der Waals surface area contributed by atoms with Crippen LogP contribution < -0.4 is 18.9 Å². The van der Waals surface area contributed by atoms with Gasteiger partial charge in [-0.15, -0.1) is 0 Å². The smallest absolute Gasteiger partial charge is 0.741 e. The van der Waals surface area contributed by atoms with Gasteiger partial charge in [-0.2, -0.15) is 13.2 Å². The van der Waals surface area contributed by atoms with Crippen molar-refractivity contribution in [1.29, 1.82) is 0 Å². The molecule has 0 amide bonds. The fourth-order valence-electron chi connectivity index (χ4n) is 0. The van der Waals surface area contributed by atoms with Crippen molar-refractivity contribution in [2.45, 2.75) is 12.9 Å². The van der Waals surface area contributed by atoms with Gasteiger partial charge in [0.15, 0.2) is 10.1 Å². The first-order chi connectivity index (χ1) is 3.25. The van der Waals surface area contributed by atoms with Crippen LogP contribution in [0.5, 0.6) is 0 Å². The van der Waals surface area contributed by atoms with Gasteiger partial charge < -0.3 is 4.55 Å². The summed E-state index contributed by atoms with van der Waals surface area (Å²) in [5.41, 5.74) is -5.65. The predicted molar refractivity (Wildman–Crippen MR) is 22.5 cm³/mol. The molecule has 0 radical (unpaired) electrons.